The molecule has 4 heterocycles. The smallest absolute Gasteiger partial charge is 0.410 e. The Balaban J connectivity index is 1.52. The van der Waals surface area contributed by atoms with Gasteiger partial charge in [-0.15, -0.1) is 0 Å². The average Bonchev–Trinajstić information content (AvgIpc) is 3.13. The minimum atomic E-state index is -0.536. The van der Waals surface area contributed by atoms with Crippen molar-refractivity contribution in [3.8, 4) is 11.4 Å². The monoisotopic (exact) mass is 411 g/mol. The number of nitrogens with zero attached hydrogens (tertiary/aromatic N) is 5. The van der Waals surface area contributed by atoms with E-state index in [0.717, 1.165) is 23.9 Å². The molecule has 7 nitrogen and oxygen atoms in total. The summed E-state index contributed by atoms with van der Waals surface area (Å²) in [6, 6.07) is 5.73. The van der Waals surface area contributed by atoms with Crippen LogP contribution in [0, 0.1) is 11.7 Å². The highest BCUT2D eigenvalue weighted by Gasteiger charge is 2.28. The molecular formula is C22H26FN5O2. The van der Waals surface area contributed by atoms with Crippen LogP contribution in [0.15, 0.2) is 36.8 Å². The molecule has 1 fully saturated rings. The van der Waals surface area contributed by atoms with Crippen LogP contribution >= 0.6 is 0 Å². The van der Waals surface area contributed by atoms with Gasteiger partial charge in [0.1, 0.15) is 5.60 Å². The molecule has 0 N–H and O–H groups in total. The topological polar surface area (TPSA) is 72.6 Å². The van der Waals surface area contributed by atoms with Crippen molar-refractivity contribution >= 4 is 11.6 Å². The number of carbonyl (C=O) groups is 1. The van der Waals surface area contributed by atoms with Gasteiger partial charge in [0.2, 0.25) is 0 Å². The second-order valence-corrected chi connectivity index (χ2v) is 8.72. The van der Waals surface area contributed by atoms with Crippen molar-refractivity contribution in [1.29, 1.82) is 0 Å². The SMILES string of the molecule is CC(C)(C)OC(=O)N1CCC[C@@H](Cc2nc(-c3cnn4ccccc34)ncc2F)C1. The largest absolute Gasteiger partial charge is 0.444 e. The molecule has 4 rings (SSSR count). The molecule has 0 spiro atoms. The first-order valence-electron chi connectivity index (χ1n) is 10.2. The molecule has 158 valence electrons. The number of hydrogen-bond donors (Lipinski definition) is 0. The summed E-state index contributed by atoms with van der Waals surface area (Å²) in [5, 5.41) is 4.31. The number of ether oxygens (including phenoxy) is 1. The zero-order chi connectivity index (χ0) is 21.3. The molecule has 1 atom stereocenters. The van der Waals surface area contributed by atoms with Crippen molar-refractivity contribution in [2.75, 3.05) is 13.1 Å². The lowest BCUT2D eigenvalue weighted by molar-refractivity contribution is 0.0165. The van der Waals surface area contributed by atoms with Gasteiger partial charge < -0.3 is 9.64 Å². The summed E-state index contributed by atoms with van der Waals surface area (Å²) in [5.74, 6) is 0.143. The van der Waals surface area contributed by atoms with Crippen molar-refractivity contribution in [1.82, 2.24) is 24.5 Å². The summed E-state index contributed by atoms with van der Waals surface area (Å²) in [6.07, 6.45) is 6.65. The lowest BCUT2D eigenvalue weighted by Gasteiger charge is -2.34. The first kappa shape index (κ1) is 20.3. The van der Waals surface area contributed by atoms with E-state index in [4.69, 9.17) is 4.74 Å². The lowest BCUT2D eigenvalue weighted by atomic mass is 9.93. The molecule has 0 aromatic carbocycles. The van der Waals surface area contributed by atoms with E-state index in [0.29, 0.717) is 31.0 Å². The molecular weight excluding hydrogens is 385 g/mol. The predicted octanol–water partition coefficient (Wildman–Crippen LogP) is 4.12. The van der Waals surface area contributed by atoms with Gasteiger partial charge in [-0.1, -0.05) is 6.07 Å². The molecule has 1 aliphatic rings. The normalized spacial score (nSPS) is 17.3. The molecule has 1 amide bonds. The minimum Gasteiger partial charge on any atom is -0.444 e. The Bertz CT molecular complexity index is 1060. The van der Waals surface area contributed by atoms with Crippen LogP contribution in [0.25, 0.3) is 16.9 Å². The van der Waals surface area contributed by atoms with Gasteiger partial charge in [-0.3, -0.25) is 0 Å². The number of aromatic nitrogens is 4. The molecule has 0 unspecified atom stereocenters. The maximum atomic E-state index is 14.5. The van der Waals surface area contributed by atoms with E-state index >= 15 is 0 Å². The second kappa shape index (κ2) is 8.01. The number of fused-ring (bicyclic) bond motifs is 1. The Labute approximate surface area is 174 Å². The molecule has 3 aromatic rings. The van der Waals surface area contributed by atoms with E-state index < -0.39 is 11.4 Å². The van der Waals surface area contributed by atoms with Gasteiger partial charge in [-0.25, -0.2) is 23.7 Å². The Hall–Kier alpha value is -3.03. The summed E-state index contributed by atoms with van der Waals surface area (Å²) < 4.78 is 21.7. The fourth-order valence-electron chi connectivity index (χ4n) is 3.78. The van der Waals surface area contributed by atoms with E-state index in [1.165, 1.54) is 6.20 Å². The average molecular weight is 411 g/mol. The minimum absolute atomic E-state index is 0.118. The van der Waals surface area contributed by atoms with Crippen LogP contribution in [0.5, 0.6) is 0 Å². The summed E-state index contributed by atoms with van der Waals surface area (Å²) in [4.78, 5) is 22.8. The molecule has 3 aromatic heterocycles. The number of halogens is 1. The number of carbonyl (C=O) groups excluding carboxylic acids is 1. The van der Waals surface area contributed by atoms with Gasteiger partial charge in [-0.05, 0) is 58.1 Å². The van der Waals surface area contributed by atoms with Crippen LogP contribution in [-0.4, -0.2) is 49.3 Å². The van der Waals surface area contributed by atoms with Gasteiger partial charge in [0, 0.05) is 19.3 Å². The van der Waals surface area contributed by atoms with Crippen molar-refractivity contribution in [3.05, 3.63) is 48.3 Å². The van der Waals surface area contributed by atoms with Crippen LogP contribution in [0.4, 0.5) is 9.18 Å². The number of amides is 1. The van der Waals surface area contributed by atoms with Crippen molar-refractivity contribution < 1.29 is 13.9 Å². The fourth-order valence-corrected chi connectivity index (χ4v) is 3.78. The third-order valence-electron chi connectivity index (χ3n) is 5.14. The molecule has 0 aliphatic carbocycles. The van der Waals surface area contributed by atoms with E-state index in [2.05, 4.69) is 15.1 Å². The maximum Gasteiger partial charge on any atom is 0.410 e. The van der Waals surface area contributed by atoms with E-state index in [9.17, 15) is 9.18 Å². The summed E-state index contributed by atoms with van der Waals surface area (Å²) in [6.45, 7) is 6.75. The second-order valence-electron chi connectivity index (χ2n) is 8.72. The fraction of sp³-hybridized carbons (Fsp3) is 0.455. The van der Waals surface area contributed by atoms with Crippen LogP contribution in [0.3, 0.4) is 0 Å². The maximum absolute atomic E-state index is 14.5. The van der Waals surface area contributed by atoms with Crippen molar-refractivity contribution in [3.63, 3.8) is 0 Å². The summed E-state index contributed by atoms with van der Waals surface area (Å²) in [7, 11) is 0. The Kier molecular flexibility index (Phi) is 5.40. The van der Waals surface area contributed by atoms with Gasteiger partial charge in [0.25, 0.3) is 0 Å². The third-order valence-corrected chi connectivity index (χ3v) is 5.14. The third kappa shape index (κ3) is 4.42. The molecule has 0 saturated carbocycles. The lowest BCUT2D eigenvalue weighted by Crippen LogP contribution is -2.43. The van der Waals surface area contributed by atoms with E-state index in [1.807, 2.05) is 45.2 Å². The molecule has 1 saturated heterocycles. The van der Waals surface area contributed by atoms with Crippen LogP contribution < -0.4 is 0 Å². The van der Waals surface area contributed by atoms with Crippen LogP contribution in [0.2, 0.25) is 0 Å². The first-order chi connectivity index (χ1) is 14.3. The zero-order valence-electron chi connectivity index (χ0n) is 17.5. The van der Waals surface area contributed by atoms with E-state index in [-0.39, 0.29) is 12.0 Å². The van der Waals surface area contributed by atoms with Gasteiger partial charge in [0.05, 0.1) is 29.2 Å². The van der Waals surface area contributed by atoms with Crippen molar-refractivity contribution in [2.24, 2.45) is 5.92 Å². The Morgan fingerprint density at radius 1 is 1.30 bits per heavy atom. The van der Waals surface area contributed by atoms with Gasteiger partial charge in [0.15, 0.2) is 11.6 Å². The Morgan fingerprint density at radius 3 is 2.93 bits per heavy atom. The highest BCUT2D eigenvalue weighted by Crippen LogP contribution is 2.25. The predicted molar refractivity (Wildman–Crippen MR) is 110 cm³/mol. The standard InChI is InChI=1S/C22H26FN5O2/c1-22(2,3)30-21(29)27-9-6-7-15(14-27)11-18-17(23)13-24-20(26-18)16-12-25-28-10-5-4-8-19(16)28/h4-5,8,10,12-13,15H,6-7,9,11,14H2,1-3H3/t15-/m0/s1. The Morgan fingerprint density at radius 2 is 2.13 bits per heavy atom. The highest BCUT2D eigenvalue weighted by molar-refractivity contribution is 5.75. The number of hydrogen-bond acceptors (Lipinski definition) is 5. The summed E-state index contributed by atoms with van der Waals surface area (Å²) in [5.41, 5.74) is 1.46. The number of pyridine rings is 1. The van der Waals surface area contributed by atoms with E-state index in [1.54, 1.807) is 15.6 Å². The van der Waals surface area contributed by atoms with Gasteiger partial charge >= 0.3 is 6.09 Å². The molecule has 0 radical (unpaired) electrons. The van der Waals surface area contributed by atoms with Crippen LogP contribution in [-0.2, 0) is 11.2 Å². The highest BCUT2D eigenvalue weighted by atomic mass is 19.1. The van der Waals surface area contributed by atoms with Gasteiger partial charge in [-0.2, -0.15) is 5.10 Å². The number of piperidine rings is 1. The molecule has 30 heavy (non-hydrogen) atoms. The number of rotatable bonds is 3. The molecule has 0 bridgehead atoms. The number of likely N-dealkylation sites (tertiary alicyclic amines) is 1. The molecule has 1 aliphatic heterocycles. The summed E-state index contributed by atoms with van der Waals surface area (Å²) >= 11 is 0. The quantitative estimate of drug-likeness (QED) is 0.648. The first-order valence-corrected chi connectivity index (χ1v) is 10.2. The zero-order valence-corrected chi connectivity index (χ0v) is 17.5. The van der Waals surface area contributed by atoms with Crippen molar-refractivity contribution in [2.45, 2.75) is 45.6 Å². The molecule has 8 heteroatoms. The van der Waals surface area contributed by atoms with Crippen LogP contribution in [0.1, 0.15) is 39.3 Å².